The van der Waals surface area contributed by atoms with Gasteiger partial charge < -0.3 is 4.57 Å². The van der Waals surface area contributed by atoms with Crippen LogP contribution in [0.3, 0.4) is 0 Å². The zero-order valence-corrected chi connectivity index (χ0v) is 11.5. The lowest BCUT2D eigenvalue weighted by molar-refractivity contribution is 0.623. The summed E-state index contributed by atoms with van der Waals surface area (Å²) in [7, 11) is 0. The highest BCUT2D eigenvalue weighted by atomic mass is 79.9. The Kier molecular flexibility index (Phi) is 3.02. The monoisotopic (exact) mass is 305 g/mol. The van der Waals surface area contributed by atoms with E-state index in [2.05, 4.69) is 34.3 Å². The van der Waals surface area contributed by atoms with Crippen LogP contribution in [0.1, 0.15) is 19.9 Å². The van der Waals surface area contributed by atoms with Gasteiger partial charge in [-0.15, -0.1) is 0 Å². The van der Waals surface area contributed by atoms with Gasteiger partial charge in [0.15, 0.2) is 0 Å². The molecule has 0 spiro atoms. The first-order valence-corrected chi connectivity index (χ1v) is 6.21. The quantitative estimate of drug-likeness (QED) is 0.631. The Balaban J connectivity index is 2.83. The lowest BCUT2D eigenvalue weighted by atomic mass is 10.2. The molecule has 0 fully saturated rings. The van der Waals surface area contributed by atoms with Crippen molar-refractivity contribution in [3.05, 3.63) is 32.8 Å². The van der Waals surface area contributed by atoms with E-state index in [1.807, 2.05) is 18.3 Å². The SMILES string of the molecule is CC(C)n1ccc2c(Cl)c(Br)c(Cl)cc21. The number of hydrogen-bond acceptors (Lipinski definition) is 0. The number of rotatable bonds is 1. The van der Waals surface area contributed by atoms with Gasteiger partial charge in [-0.3, -0.25) is 0 Å². The summed E-state index contributed by atoms with van der Waals surface area (Å²) in [5.41, 5.74) is 1.07. The third-order valence-corrected chi connectivity index (χ3v) is 4.39. The van der Waals surface area contributed by atoms with Gasteiger partial charge in [0.2, 0.25) is 0 Å². The predicted octanol–water partition coefficient (Wildman–Crippen LogP) is 5.29. The third kappa shape index (κ3) is 1.79. The van der Waals surface area contributed by atoms with E-state index in [4.69, 9.17) is 23.2 Å². The van der Waals surface area contributed by atoms with Crippen molar-refractivity contribution in [2.24, 2.45) is 0 Å². The van der Waals surface area contributed by atoms with E-state index in [1.54, 1.807) is 0 Å². The Morgan fingerprint density at radius 2 is 2.00 bits per heavy atom. The van der Waals surface area contributed by atoms with Gasteiger partial charge in [-0.25, -0.2) is 0 Å². The molecule has 80 valence electrons. The van der Waals surface area contributed by atoms with E-state index in [9.17, 15) is 0 Å². The highest BCUT2D eigenvalue weighted by Gasteiger charge is 2.12. The van der Waals surface area contributed by atoms with Crippen LogP contribution < -0.4 is 0 Å². The van der Waals surface area contributed by atoms with Gasteiger partial charge in [0.05, 0.1) is 20.0 Å². The minimum absolute atomic E-state index is 0.399. The summed E-state index contributed by atoms with van der Waals surface area (Å²) in [6.45, 7) is 4.26. The van der Waals surface area contributed by atoms with E-state index < -0.39 is 0 Å². The fourth-order valence-electron chi connectivity index (χ4n) is 1.65. The minimum atomic E-state index is 0.399. The van der Waals surface area contributed by atoms with Crippen LogP contribution in [0.4, 0.5) is 0 Å². The van der Waals surface area contributed by atoms with Gasteiger partial charge in [0.1, 0.15) is 0 Å². The molecule has 0 aliphatic carbocycles. The van der Waals surface area contributed by atoms with Crippen LogP contribution in [0.15, 0.2) is 22.8 Å². The van der Waals surface area contributed by atoms with Crippen LogP contribution >= 0.6 is 39.1 Å². The minimum Gasteiger partial charge on any atom is -0.345 e. The van der Waals surface area contributed by atoms with Crippen LogP contribution in [0.2, 0.25) is 10.0 Å². The maximum Gasteiger partial charge on any atom is 0.0657 e. The first-order chi connectivity index (χ1) is 7.02. The third-order valence-electron chi connectivity index (χ3n) is 2.41. The van der Waals surface area contributed by atoms with Crippen molar-refractivity contribution in [1.29, 1.82) is 0 Å². The standard InChI is InChI=1S/C11H10BrCl2N/c1-6(2)15-4-3-7-9(15)5-8(13)10(12)11(7)14/h3-6H,1-2H3. The molecule has 0 aliphatic heterocycles. The summed E-state index contributed by atoms with van der Waals surface area (Å²) < 4.78 is 2.92. The summed E-state index contributed by atoms with van der Waals surface area (Å²) in [4.78, 5) is 0. The molecule has 0 atom stereocenters. The Labute approximate surface area is 107 Å². The molecule has 15 heavy (non-hydrogen) atoms. The Morgan fingerprint density at radius 3 is 2.60 bits per heavy atom. The van der Waals surface area contributed by atoms with Crippen LogP contribution in [0.5, 0.6) is 0 Å². The molecule has 0 bridgehead atoms. The molecular weight excluding hydrogens is 297 g/mol. The molecule has 0 saturated heterocycles. The molecule has 2 rings (SSSR count). The molecule has 4 heteroatoms. The lowest BCUT2D eigenvalue weighted by Gasteiger charge is -2.10. The highest BCUT2D eigenvalue weighted by Crippen LogP contribution is 2.38. The van der Waals surface area contributed by atoms with Crippen molar-refractivity contribution >= 4 is 50.0 Å². The van der Waals surface area contributed by atoms with Crippen molar-refractivity contribution in [3.8, 4) is 0 Å². The van der Waals surface area contributed by atoms with Gasteiger partial charge in [-0.1, -0.05) is 23.2 Å². The van der Waals surface area contributed by atoms with Gasteiger partial charge in [-0.05, 0) is 41.9 Å². The maximum atomic E-state index is 6.20. The molecule has 1 aromatic carbocycles. The van der Waals surface area contributed by atoms with Crippen molar-refractivity contribution < 1.29 is 0 Å². The molecule has 2 aromatic rings. The van der Waals surface area contributed by atoms with E-state index in [0.717, 1.165) is 15.4 Å². The molecule has 0 amide bonds. The number of nitrogens with zero attached hydrogens (tertiary/aromatic N) is 1. The topological polar surface area (TPSA) is 4.93 Å². The zero-order chi connectivity index (χ0) is 11.2. The second kappa shape index (κ2) is 4.00. The average molecular weight is 307 g/mol. The number of benzene rings is 1. The van der Waals surface area contributed by atoms with Gasteiger partial charge in [0.25, 0.3) is 0 Å². The van der Waals surface area contributed by atoms with E-state index in [-0.39, 0.29) is 0 Å². The average Bonchev–Trinajstić information content (AvgIpc) is 2.58. The normalized spacial score (nSPS) is 11.6. The Morgan fingerprint density at radius 1 is 1.33 bits per heavy atom. The first-order valence-electron chi connectivity index (χ1n) is 4.66. The van der Waals surface area contributed by atoms with Gasteiger partial charge in [0, 0.05) is 17.6 Å². The Bertz CT molecular complexity index is 517. The largest absolute Gasteiger partial charge is 0.345 e. The number of hydrogen-bond donors (Lipinski definition) is 0. The second-order valence-electron chi connectivity index (χ2n) is 3.74. The molecule has 0 saturated carbocycles. The molecule has 0 N–H and O–H groups in total. The molecule has 0 aliphatic rings. The van der Waals surface area contributed by atoms with E-state index in [1.165, 1.54) is 0 Å². The molecule has 0 radical (unpaired) electrons. The fourth-order valence-corrected chi connectivity index (χ4v) is 2.49. The summed E-state index contributed by atoms with van der Waals surface area (Å²) in [6.07, 6.45) is 2.03. The second-order valence-corrected chi connectivity index (χ2v) is 5.31. The van der Waals surface area contributed by atoms with Crippen LogP contribution in [0.25, 0.3) is 10.9 Å². The first kappa shape index (κ1) is 11.3. The van der Waals surface area contributed by atoms with Gasteiger partial charge >= 0.3 is 0 Å². The lowest BCUT2D eigenvalue weighted by Crippen LogP contribution is -1.97. The van der Waals surface area contributed by atoms with Crippen molar-refractivity contribution in [2.45, 2.75) is 19.9 Å². The summed E-state index contributed by atoms with van der Waals surface area (Å²) >= 11 is 15.7. The zero-order valence-electron chi connectivity index (χ0n) is 8.39. The molecule has 1 nitrogen and oxygen atoms in total. The van der Waals surface area contributed by atoms with Crippen molar-refractivity contribution in [2.75, 3.05) is 0 Å². The fraction of sp³-hybridized carbons (Fsp3) is 0.273. The predicted molar refractivity (Wildman–Crippen MR) is 70.0 cm³/mol. The van der Waals surface area contributed by atoms with Crippen LogP contribution in [-0.2, 0) is 0 Å². The molecule has 1 heterocycles. The van der Waals surface area contributed by atoms with Crippen molar-refractivity contribution in [1.82, 2.24) is 4.57 Å². The number of aromatic nitrogens is 1. The van der Waals surface area contributed by atoms with Gasteiger partial charge in [-0.2, -0.15) is 0 Å². The molecule has 1 aromatic heterocycles. The van der Waals surface area contributed by atoms with Crippen molar-refractivity contribution in [3.63, 3.8) is 0 Å². The maximum absolute atomic E-state index is 6.20. The summed E-state index contributed by atoms with van der Waals surface area (Å²) in [5.74, 6) is 0. The summed E-state index contributed by atoms with van der Waals surface area (Å²) in [5, 5.41) is 2.35. The molecular formula is C11H10BrCl2N. The van der Waals surface area contributed by atoms with E-state index >= 15 is 0 Å². The number of fused-ring (bicyclic) bond motifs is 1. The molecule has 0 unspecified atom stereocenters. The van der Waals surface area contributed by atoms with Crippen LogP contribution in [0, 0.1) is 0 Å². The van der Waals surface area contributed by atoms with Crippen LogP contribution in [-0.4, -0.2) is 4.57 Å². The number of halogens is 3. The summed E-state index contributed by atoms with van der Waals surface area (Å²) in [6, 6.07) is 4.35. The Hall–Kier alpha value is -0.180. The van der Waals surface area contributed by atoms with E-state index in [0.29, 0.717) is 16.1 Å². The highest BCUT2D eigenvalue weighted by molar-refractivity contribution is 9.10. The smallest absolute Gasteiger partial charge is 0.0657 e.